The van der Waals surface area contributed by atoms with E-state index in [4.69, 9.17) is 5.11 Å². The van der Waals surface area contributed by atoms with Crippen molar-refractivity contribution in [3.8, 4) is 0 Å². The van der Waals surface area contributed by atoms with Gasteiger partial charge in [0.1, 0.15) is 12.1 Å². The van der Waals surface area contributed by atoms with E-state index in [9.17, 15) is 19.2 Å². The molecule has 36 heavy (non-hydrogen) atoms. The molecular formula is C26H42N4O5S. The molecule has 2 aliphatic rings. The molecule has 4 N–H and O–H groups in total. The van der Waals surface area contributed by atoms with Gasteiger partial charge in [-0.1, -0.05) is 51.0 Å². The predicted octanol–water partition coefficient (Wildman–Crippen LogP) is 2.18. The summed E-state index contributed by atoms with van der Waals surface area (Å²) in [6, 6.07) is 7.46. The van der Waals surface area contributed by atoms with Crippen molar-refractivity contribution in [1.82, 2.24) is 20.9 Å². The molecule has 10 heteroatoms. The van der Waals surface area contributed by atoms with Crippen LogP contribution in [0.25, 0.3) is 0 Å². The van der Waals surface area contributed by atoms with Crippen LogP contribution in [0, 0.1) is 0 Å². The lowest BCUT2D eigenvalue weighted by molar-refractivity contribution is -0.140. The third-order valence-corrected chi connectivity index (χ3v) is 6.57. The average molecular weight is 523 g/mol. The maximum absolute atomic E-state index is 11.9. The number of carboxylic acids is 1. The molecule has 0 saturated carbocycles. The van der Waals surface area contributed by atoms with Gasteiger partial charge in [0.05, 0.1) is 0 Å². The van der Waals surface area contributed by atoms with Gasteiger partial charge < -0.3 is 21.1 Å². The highest BCUT2D eigenvalue weighted by Crippen LogP contribution is 2.17. The molecule has 3 amide bonds. The Balaban J connectivity index is 0.000000365. The first-order chi connectivity index (χ1) is 17.4. The number of thioether (sulfide) groups is 1. The highest BCUT2D eigenvalue weighted by molar-refractivity contribution is 7.98. The van der Waals surface area contributed by atoms with Crippen LogP contribution in [-0.2, 0) is 32.1 Å². The molecule has 2 atom stereocenters. The van der Waals surface area contributed by atoms with Crippen LogP contribution in [-0.4, -0.2) is 77.9 Å². The number of carbonyl (C=O) groups excluding carboxylic acids is 3. The monoisotopic (exact) mass is 522 g/mol. The molecule has 0 aromatic heterocycles. The van der Waals surface area contributed by atoms with E-state index in [0.717, 1.165) is 31.8 Å². The summed E-state index contributed by atoms with van der Waals surface area (Å²) >= 11 is 1.55. The minimum absolute atomic E-state index is 0.0252. The number of hydrogen-bond donors (Lipinski definition) is 4. The van der Waals surface area contributed by atoms with Crippen LogP contribution >= 0.6 is 11.8 Å². The highest BCUT2D eigenvalue weighted by atomic mass is 32.2. The van der Waals surface area contributed by atoms with Gasteiger partial charge in [0.2, 0.25) is 18.2 Å². The molecule has 0 spiro atoms. The fourth-order valence-electron chi connectivity index (χ4n) is 3.61. The van der Waals surface area contributed by atoms with E-state index in [-0.39, 0.29) is 17.9 Å². The number of benzene rings is 1. The summed E-state index contributed by atoms with van der Waals surface area (Å²) in [6.45, 7) is 7.83. The van der Waals surface area contributed by atoms with Crippen LogP contribution in [0.2, 0.25) is 0 Å². The summed E-state index contributed by atoms with van der Waals surface area (Å²) < 4.78 is 0. The van der Waals surface area contributed by atoms with Crippen molar-refractivity contribution >= 4 is 36.0 Å². The van der Waals surface area contributed by atoms with Crippen LogP contribution in [0.4, 0.5) is 0 Å². The van der Waals surface area contributed by atoms with Crippen molar-refractivity contribution in [2.24, 2.45) is 0 Å². The van der Waals surface area contributed by atoms with E-state index in [2.05, 4.69) is 59.0 Å². The molecule has 1 aromatic carbocycles. The molecule has 3 rings (SSSR count). The fraction of sp³-hybridized carbons (Fsp3) is 0.615. The van der Waals surface area contributed by atoms with E-state index >= 15 is 0 Å². The second-order valence-electron chi connectivity index (χ2n) is 8.70. The third kappa shape index (κ3) is 12.4. The Labute approximate surface area is 219 Å². The number of carbonyl (C=O) groups is 4. The largest absolute Gasteiger partial charge is 0.480 e. The van der Waals surface area contributed by atoms with E-state index in [1.165, 1.54) is 24.0 Å². The van der Waals surface area contributed by atoms with Crippen LogP contribution in [0.3, 0.4) is 0 Å². The number of fused-ring (bicyclic) bond motifs is 1. The molecule has 1 aromatic rings. The van der Waals surface area contributed by atoms with Crippen molar-refractivity contribution in [3.05, 3.63) is 35.4 Å². The summed E-state index contributed by atoms with van der Waals surface area (Å²) in [5.74, 6) is -0.329. The Morgan fingerprint density at radius 3 is 2.47 bits per heavy atom. The maximum atomic E-state index is 11.9. The smallest absolute Gasteiger partial charge is 0.326 e. The number of aliphatic carboxylic acids is 1. The molecular weight excluding hydrogens is 480 g/mol. The molecule has 1 saturated heterocycles. The van der Waals surface area contributed by atoms with Gasteiger partial charge in [-0.25, -0.2) is 4.79 Å². The van der Waals surface area contributed by atoms with Crippen LogP contribution < -0.4 is 16.0 Å². The Hall–Kier alpha value is -2.59. The fourth-order valence-corrected chi connectivity index (χ4v) is 4.08. The van der Waals surface area contributed by atoms with Gasteiger partial charge in [0, 0.05) is 32.6 Å². The van der Waals surface area contributed by atoms with E-state index in [1.807, 2.05) is 6.26 Å². The molecule has 1 fully saturated rings. The number of amides is 3. The Morgan fingerprint density at radius 1 is 1.22 bits per heavy atom. The summed E-state index contributed by atoms with van der Waals surface area (Å²) in [6.07, 6.45) is 7.56. The molecule has 2 heterocycles. The molecule has 0 bridgehead atoms. The van der Waals surface area contributed by atoms with E-state index in [1.54, 1.807) is 11.8 Å². The van der Waals surface area contributed by atoms with Crippen LogP contribution in [0.15, 0.2) is 24.3 Å². The standard InChI is InChI=1S/C16H21N3O2.C6H11NO3S.C4H10/c20-15-6-5-14(18-15)16(21)17-8-10-19-9-7-12-3-1-2-4-13(12)11-19;1-11-3-2-5(6(9)10)7-4-8;1-3-4-2/h1-4,14H,5-11H2,(H,17,21)(H,18,20);4-5H,2-3H2,1H3,(H,7,8)(H,9,10);3-4H2,1-2H3/t14-;5-;/m00./s1. The topological polar surface area (TPSA) is 128 Å². The lowest BCUT2D eigenvalue weighted by atomic mass is 10.00. The Bertz CT molecular complexity index is 821. The van der Waals surface area contributed by atoms with Gasteiger partial charge in [0.15, 0.2) is 0 Å². The SMILES string of the molecule is CCCC.CSCC[C@H](NC=O)C(=O)O.O=C1CC[C@@H](C(=O)NCCN2CCc3ccccc3C2)N1. The number of unbranched alkanes of at least 4 members (excludes halogenated alkanes) is 1. The van der Waals surface area contributed by atoms with Gasteiger partial charge >= 0.3 is 5.97 Å². The number of carboxylic acid groups (broad SMARTS) is 1. The minimum Gasteiger partial charge on any atom is -0.480 e. The lowest BCUT2D eigenvalue weighted by Gasteiger charge is -2.28. The van der Waals surface area contributed by atoms with Gasteiger partial charge in [-0.3, -0.25) is 19.3 Å². The van der Waals surface area contributed by atoms with Crippen molar-refractivity contribution < 1.29 is 24.3 Å². The molecule has 202 valence electrons. The summed E-state index contributed by atoms with van der Waals surface area (Å²) in [4.78, 5) is 45.6. The van der Waals surface area contributed by atoms with Crippen molar-refractivity contribution in [2.75, 3.05) is 31.6 Å². The normalized spacial score (nSPS) is 17.2. The van der Waals surface area contributed by atoms with Gasteiger partial charge in [-0.2, -0.15) is 11.8 Å². The quantitative estimate of drug-likeness (QED) is 0.328. The first-order valence-electron chi connectivity index (χ1n) is 12.6. The predicted molar refractivity (Wildman–Crippen MR) is 144 cm³/mol. The molecule has 9 nitrogen and oxygen atoms in total. The van der Waals surface area contributed by atoms with E-state index < -0.39 is 12.0 Å². The highest BCUT2D eigenvalue weighted by Gasteiger charge is 2.27. The maximum Gasteiger partial charge on any atom is 0.326 e. The Kier molecular flexibility index (Phi) is 16.3. The van der Waals surface area contributed by atoms with Crippen LogP contribution in [0.5, 0.6) is 0 Å². The Morgan fingerprint density at radius 2 is 1.92 bits per heavy atom. The second-order valence-corrected chi connectivity index (χ2v) is 9.69. The van der Waals surface area contributed by atoms with Crippen molar-refractivity contribution in [1.29, 1.82) is 0 Å². The molecule has 0 aliphatic carbocycles. The second kappa shape index (κ2) is 18.6. The van der Waals surface area contributed by atoms with Crippen molar-refractivity contribution in [2.45, 2.75) is 71.0 Å². The number of nitrogens with one attached hydrogen (secondary N) is 3. The minimum atomic E-state index is -0.980. The summed E-state index contributed by atoms with van der Waals surface area (Å²) in [5, 5.41) is 16.3. The first-order valence-corrected chi connectivity index (χ1v) is 14.0. The molecule has 0 unspecified atom stereocenters. The zero-order chi connectivity index (χ0) is 26.8. The number of hydrogen-bond acceptors (Lipinski definition) is 6. The van der Waals surface area contributed by atoms with E-state index in [0.29, 0.717) is 32.2 Å². The molecule has 2 aliphatic heterocycles. The molecule has 0 radical (unpaired) electrons. The summed E-state index contributed by atoms with van der Waals surface area (Å²) in [5.41, 5.74) is 2.82. The van der Waals surface area contributed by atoms with Gasteiger partial charge in [-0.15, -0.1) is 0 Å². The van der Waals surface area contributed by atoms with Gasteiger partial charge in [-0.05, 0) is 42.4 Å². The summed E-state index contributed by atoms with van der Waals surface area (Å²) in [7, 11) is 0. The number of nitrogens with zero attached hydrogens (tertiary/aromatic N) is 1. The zero-order valence-corrected chi connectivity index (χ0v) is 22.6. The lowest BCUT2D eigenvalue weighted by Crippen LogP contribution is -2.44. The number of rotatable bonds is 11. The van der Waals surface area contributed by atoms with Crippen LogP contribution in [0.1, 0.15) is 57.1 Å². The van der Waals surface area contributed by atoms with Crippen molar-refractivity contribution in [3.63, 3.8) is 0 Å². The third-order valence-electron chi connectivity index (χ3n) is 5.93. The average Bonchev–Trinajstić information content (AvgIpc) is 3.33. The first kappa shape index (κ1) is 31.4. The zero-order valence-electron chi connectivity index (χ0n) is 21.8. The van der Waals surface area contributed by atoms with Gasteiger partial charge in [0.25, 0.3) is 0 Å².